The highest BCUT2D eigenvalue weighted by molar-refractivity contribution is 5.73. The summed E-state index contributed by atoms with van der Waals surface area (Å²) in [6.07, 6.45) is 0. The first-order valence-corrected chi connectivity index (χ1v) is 4.70. The van der Waals surface area contributed by atoms with Gasteiger partial charge in [0.2, 0.25) is 0 Å². The highest BCUT2D eigenvalue weighted by Crippen LogP contribution is 2.34. The number of aryl methyl sites for hydroxylation is 2. The molecule has 0 saturated carbocycles. The molecule has 0 aliphatic carbocycles. The molecule has 0 bridgehead atoms. The van der Waals surface area contributed by atoms with Crippen molar-refractivity contribution in [1.82, 2.24) is 10.2 Å². The molecule has 1 aromatic carbocycles. The van der Waals surface area contributed by atoms with Gasteiger partial charge in [0, 0.05) is 11.6 Å². The lowest BCUT2D eigenvalue weighted by atomic mass is 10.0. The molecule has 0 aliphatic heterocycles. The third-order valence-electron chi connectivity index (χ3n) is 2.46. The van der Waals surface area contributed by atoms with Crippen LogP contribution in [0.3, 0.4) is 0 Å². The molecule has 15 heavy (non-hydrogen) atoms. The van der Waals surface area contributed by atoms with Gasteiger partial charge < -0.3 is 10.8 Å². The highest BCUT2D eigenvalue weighted by atomic mass is 16.3. The SMILES string of the molecule is Cc1ccc(C)c(-c2cc(N)n[nH]2)c1O. The molecule has 1 aromatic heterocycles. The molecule has 0 radical (unpaired) electrons. The zero-order valence-corrected chi connectivity index (χ0v) is 8.70. The number of rotatable bonds is 1. The van der Waals surface area contributed by atoms with Gasteiger partial charge in [0.15, 0.2) is 0 Å². The summed E-state index contributed by atoms with van der Waals surface area (Å²) in [6.45, 7) is 3.80. The number of hydrogen-bond donors (Lipinski definition) is 3. The van der Waals surface area contributed by atoms with Gasteiger partial charge in [-0.1, -0.05) is 12.1 Å². The number of nitrogens with one attached hydrogen (secondary N) is 1. The van der Waals surface area contributed by atoms with Crippen LogP contribution in [0.1, 0.15) is 11.1 Å². The second kappa shape index (κ2) is 3.31. The molecule has 4 heteroatoms. The van der Waals surface area contributed by atoms with Crippen LogP contribution in [-0.4, -0.2) is 15.3 Å². The molecule has 0 spiro atoms. The molecule has 0 aliphatic rings. The van der Waals surface area contributed by atoms with Crippen molar-refractivity contribution in [2.75, 3.05) is 5.73 Å². The lowest BCUT2D eigenvalue weighted by Gasteiger charge is -2.08. The first-order valence-electron chi connectivity index (χ1n) is 4.70. The molecule has 2 aromatic rings. The number of nitrogen functional groups attached to an aromatic ring is 1. The zero-order valence-electron chi connectivity index (χ0n) is 8.70. The molecule has 0 saturated heterocycles. The van der Waals surface area contributed by atoms with Crippen LogP contribution in [0.25, 0.3) is 11.3 Å². The second-order valence-electron chi connectivity index (χ2n) is 3.63. The Morgan fingerprint density at radius 2 is 1.93 bits per heavy atom. The number of nitrogens with zero attached hydrogens (tertiary/aromatic N) is 1. The molecule has 4 N–H and O–H groups in total. The van der Waals surface area contributed by atoms with Crippen LogP contribution < -0.4 is 5.73 Å². The van der Waals surface area contributed by atoms with Crippen molar-refractivity contribution in [3.63, 3.8) is 0 Å². The molecule has 0 fully saturated rings. The van der Waals surface area contributed by atoms with E-state index in [1.165, 1.54) is 0 Å². The molecular weight excluding hydrogens is 190 g/mol. The van der Waals surface area contributed by atoms with Crippen molar-refractivity contribution >= 4 is 5.82 Å². The predicted octanol–water partition coefficient (Wildman–Crippen LogP) is 1.98. The van der Waals surface area contributed by atoms with E-state index in [1.54, 1.807) is 6.07 Å². The van der Waals surface area contributed by atoms with E-state index in [9.17, 15) is 5.11 Å². The van der Waals surface area contributed by atoms with Gasteiger partial charge in [-0.2, -0.15) is 5.10 Å². The summed E-state index contributed by atoms with van der Waals surface area (Å²) in [7, 11) is 0. The predicted molar refractivity (Wildman–Crippen MR) is 59.6 cm³/mol. The summed E-state index contributed by atoms with van der Waals surface area (Å²) in [5.41, 5.74) is 8.86. The van der Waals surface area contributed by atoms with Crippen molar-refractivity contribution in [1.29, 1.82) is 0 Å². The lowest BCUT2D eigenvalue weighted by molar-refractivity contribution is 0.472. The van der Waals surface area contributed by atoms with Gasteiger partial charge in [0.1, 0.15) is 11.6 Å². The van der Waals surface area contributed by atoms with Gasteiger partial charge in [-0.3, -0.25) is 5.10 Å². The number of aromatic hydroxyl groups is 1. The van der Waals surface area contributed by atoms with Gasteiger partial charge in [-0.15, -0.1) is 0 Å². The first kappa shape index (κ1) is 9.58. The number of phenolic OH excluding ortho intramolecular Hbond substituents is 1. The summed E-state index contributed by atoms with van der Waals surface area (Å²) in [5.74, 6) is 0.698. The van der Waals surface area contributed by atoms with Crippen molar-refractivity contribution in [3.8, 4) is 17.0 Å². The van der Waals surface area contributed by atoms with Crippen LogP contribution in [0.5, 0.6) is 5.75 Å². The minimum absolute atomic E-state index is 0.277. The smallest absolute Gasteiger partial charge is 0.145 e. The first-order chi connectivity index (χ1) is 7.09. The van der Waals surface area contributed by atoms with E-state index in [0.717, 1.165) is 22.4 Å². The van der Waals surface area contributed by atoms with Gasteiger partial charge in [0.25, 0.3) is 0 Å². The Morgan fingerprint density at radius 1 is 1.27 bits per heavy atom. The fraction of sp³-hybridized carbons (Fsp3) is 0.182. The molecule has 0 unspecified atom stereocenters. The van der Waals surface area contributed by atoms with Gasteiger partial charge in [-0.25, -0.2) is 0 Å². The minimum Gasteiger partial charge on any atom is -0.507 e. The maximum Gasteiger partial charge on any atom is 0.145 e. The molecule has 1 heterocycles. The fourth-order valence-electron chi connectivity index (χ4n) is 1.60. The van der Waals surface area contributed by atoms with Crippen LogP contribution in [0.2, 0.25) is 0 Å². The van der Waals surface area contributed by atoms with Gasteiger partial charge >= 0.3 is 0 Å². The van der Waals surface area contributed by atoms with Crippen molar-refractivity contribution in [2.24, 2.45) is 0 Å². The molecule has 0 amide bonds. The number of anilines is 1. The quantitative estimate of drug-likeness (QED) is 0.663. The summed E-state index contributed by atoms with van der Waals surface area (Å²) in [4.78, 5) is 0. The maximum atomic E-state index is 9.95. The summed E-state index contributed by atoms with van der Waals surface area (Å²) >= 11 is 0. The normalized spacial score (nSPS) is 10.5. The monoisotopic (exact) mass is 203 g/mol. The van der Waals surface area contributed by atoms with Crippen molar-refractivity contribution in [3.05, 3.63) is 29.3 Å². The lowest BCUT2D eigenvalue weighted by Crippen LogP contribution is -1.87. The van der Waals surface area contributed by atoms with E-state index in [4.69, 9.17) is 5.73 Å². The topological polar surface area (TPSA) is 74.9 Å². The Bertz CT molecular complexity index is 503. The van der Waals surface area contributed by atoms with Crippen LogP contribution in [0.4, 0.5) is 5.82 Å². The van der Waals surface area contributed by atoms with Crippen molar-refractivity contribution < 1.29 is 5.11 Å². The standard InChI is InChI=1S/C11H13N3O/c1-6-3-4-7(2)11(15)10(6)8-5-9(12)14-13-8/h3-5,15H,1-2H3,(H3,12,13,14). The third kappa shape index (κ3) is 1.54. The molecule has 4 nitrogen and oxygen atoms in total. The Morgan fingerprint density at radius 3 is 2.53 bits per heavy atom. The van der Waals surface area contributed by atoms with Gasteiger partial charge in [0.05, 0.1) is 5.69 Å². The summed E-state index contributed by atoms with van der Waals surface area (Å²) in [6, 6.07) is 5.55. The third-order valence-corrected chi connectivity index (χ3v) is 2.46. The zero-order chi connectivity index (χ0) is 11.0. The summed E-state index contributed by atoms with van der Waals surface area (Å²) < 4.78 is 0. The maximum absolute atomic E-state index is 9.95. The number of aromatic nitrogens is 2. The van der Waals surface area contributed by atoms with E-state index in [-0.39, 0.29) is 5.75 Å². The number of aromatic amines is 1. The average Bonchev–Trinajstić information content (AvgIpc) is 2.59. The van der Waals surface area contributed by atoms with E-state index in [0.29, 0.717) is 5.82 Å². The Hall–Kier alpha value is -1.97. The van der Waals surface area contributed by atoms with E-state index in [2.05, 4.69) is 10.2 Å². The van der Waals surface area contributed by atoms with Crippen LogP contribution in [0.15, 0.2) is 18.2 Å². The van der Waals surface area contributed by atoms with Crippen molar-refractivity contribution in [2.45, 2.75) is 13.8 Å². The fourth-order valence-corrected chi connectivity index (χ4v) is 1.60. The van der Waals surface area contributed by atoms with Crippen LogP contribution in [-0.2, 0) is 0 Å². The number of nitrogens with two attached hydrogens (primary N) is 1. The van der Waals surface area contributed by atoms with Crippen LogP contribution in [0, 0.1) is 13.8 Å². The molecule has 0 atom stereocenters. The number of benzene rings is 1. The number of H-pyrrole nitrogens is 1. The van der Waals surface area contributed by atoms with E-state index >= 15 is 0 Å². The highest BCUT2D eigenvalue weighted by Gasteiger charge is 2.11. The summed E-state index contributed by atoms with van der Waals surface area (Å²) in [5, 5.41) is 16.6. The largest absolute Gasteiger partial charge is 0.507 e. The molecule has 2 rings (SSSR count). The number of hydrogen-bond acceptors (Lipinski definition) is 3. The second-order valence-corrected chi connectivity index (χ2v) is 3.63. The Balaban J connectivity index is 2.66. The molecule has 78 valence electrons. The number of phenols is 1. The van der Waals surface area contributed by atoms with E-state index in [1.807, 2.05) is 26.0 Å². The Labute approximate surface area is 87.7 Å². The Kier molecular flexibility index (Phi) is 2.11. The average molecular weight is 203 g/mol. The van der Waals surface area contributed by atoms with E-state index < -0.39 is 0 Å². The van der Waals surface area contributed by atoms with Crippen LogP contribution >= 0.6 is 0 Å². The minimum atomic E-state index is 0.277. The van der Waals surface area contributed by atoms with Gasteiger partial charge in [-0.05, 0) is 25.0 Å². The molecular formula is C11H13N3O.